The van der Waals surface area contributed by atoms with Crippen molar-refractivity contribution in [3.05, 3.63) is 111 Å². The summed E-state index contributed by atoms with van der Waals surface area (Å²) < 4.78 is 40.4. The summed E-state index contributed by atoms with van der Waals surface area (Å²) in [4.78, 5) is 0. The highest BCUT2D eigenvalue weighted by Crippen LogP contribution is 2.21. The maximum absolute atomic E-state index is 10.1. The van der Waals surface area contributed by atoms with E-state index in [4.69, 9.17) is 33.2 Å². The van der Waals surface area contributed by atoms with Crippen LogP contribution in [0.5, 0.6) is 11.5 Å². The van der Waals surface area contributed by atoms with E-state index in [-0.39, 0.29) is 51.7 Å². The molecule has 0 spiro atoms. The molecule has 8 nitrogen and oxygen atoms in total. The summed E-state index contributed by atoms with van der Waals surface area (Å²) in [6.45, 7) is 30.9. The third kappa shape index (κ3) is 16.6. The van der Waals surface area contributed by atoms with E-state index in [0.29, 0.717) is 36.2 Å². The van der Waals surface area contributed by atoms with Gasteiger partial charge < -0.3 is 38.3 Å². The molecule has 0 heterocycles. The molecule has 0 aliphatic rings. The fourth-order valence-electron chi connectivity index (χ4n) is 3.38. The lowest BCUT2D eigenvalue weighted by atomic mass is 9.98. The van der Waals surface area contributed by atoms with Crippen molar-refractivity contribution in [2.75, 3.05) is 52.9 Å². The highest BCUT2D eigenvalue weighted by molar-refractivity contribution is 5.39. The minimum Gasteiger partial charge on any atom is -0.491 e. The Kier molecular flexibility index (Phi) is 19.2. The van der Waals surface area contributed by atoms with Gasteiger partial charge in [0.25, 0.3) is 0 Å². The molecule has 3 unspecified atom stereocenters. The lowest BCUT2D eigenvalue weighted by Crippen LogP contribution is -2.32. The van der Waals surface area contributed by atoms with Crippen LogP contribution in [0.15, 0.2) is 111 Å². The quantitative estimate of drug-likeness (QED) is 0.0570. The smallest absolute Gasteiger partial charge is 0.125 e. The van der Waals surface area contributed by atoms with Gasteiger partial charge in [0.05, 0.1) is 19.8 Å². The SMILES string of the molecule is C=CCOCC(O)COC(COC(=C)C=C)COc1cccc(OCC(CO/C(C=C)=C/C(=C)C(=C)C(C)C)OCC)c1. The zero-order valence-electron chi connectivity index (χ0n) is 26.1. The Labute approximate surface area is 258 Å². The van der Waals surface area contributed by atoms with E-state index in [1.165, 1.54) is 6.08 Å². The van der Waals surface area contributed by atoms with Gasteiger partial charge in [-0.3, -0.25) is 0 Å². The molecule has 1 rings (SSSR count). The molecule has 0 amide bonds. The molecule has 3 atom stereocenters. The van der Waals surface area contributed by atoms with E-state index >= 15 is 0 Å². The monoisotopic (exact) mass is 598 g/mol. The Balaban J connectivity index is 2.74. The Morgan fingerprint density at radius 3 is 2.02 bits per heavy atom. The molecule has 0 aliphatic carbocycles. The molecule has 0 saturated carbocycles. The lowest BCUT2D eigenvalue weighted by Gasteiger charge is -2.21. The fraction of sp³-hybridized carbons (Fsp3) is 0.429. The first-order valence-electron chi connectivity index (χ1n) is 14.4. The van der Waals surface area contributed by atoms with Crippen molar-refractivity contribution < 1.29 is 38.3 Å². The Morgan fingerprint density at radius 1 is 0.837 bits per heavy atom. The number of allylic oxidation sites excluding steroid dienone is 5. The van der Waals surface area contributed by atoms with Gasteiger partial charge in [0.1, 0.15) is 67.8 Å². The summed E-state index contributed by atoms with van der Waals surface area (Å²) in [6, 6.07) is 7.25. The van der Waals surface area contributed by atoms with Crippen molar-refractivity contribution in [3.63, 3.8) is 0 Å². The van der Waals surface area contributed by atoms with Crippen molar-refractivity contribution in [2.45, 2.75) is 39.1 Å². The van der Waals surface area contributed by atoms with Crippen LogP contribution in [-0.2, 0) is 23.7 Å². The second-order valence-electron chi connectivity index (χ2n) is 9.86. The van der Waals surface area contributed by atoms with Crippen LogP contribution in [-0.4, -0.2) is 76.3 Å². The van der Waals surface area contributed by atoms with Crippen molar-refractivity contribution in [3.8, 4) is 11.5 Å². The largest absolute Gasteiger partial charge is 0.491 e. The lowest BCUT2D eigenvalue weighted by molar-refractivity contribution is -0.0698. The first kappa shape index (κ1) is 37.5. The van der Waals surface area contributed by atoms with E-state index < -0.39 is 12.2 Å². The minimum atomic E-state index is -0.805. The van der Waals surface area contributed by atoms with Gasteiger partial charge in [-0.2, -0.15) is 0 Å². The summed E-state index contributed by atoms with van der Waals surface area (Å²) in [5.41, 5.74) is 1.73. The molecule has 0 radical (unpaired) electrons. The summed E-state index contributed by atoms with van der Waals surface area (Å²) in [5.74, 6) is 2.46. The third-order valence-electron chi connectivity index (χ3n) is 5.90. The highest BCUT2D eigenvalue weighted by atomic mass is 16.6. The Morgan fingerprint density at radius 2 is 1.47 bits per heavy atom. The van der Waals surface area contributed by atoms with Gasteiger partial charge >= 0.3 is 0 Å². The normalized spacial score (nSPS) is 13.4. The molecule has 0 bridgehead atoms. The summed E-state index contributed by atoms with van der Waals surface area (Å²) in [5, 5.41) is 10.1. The summed E-state index contributed by atoms with van der Waals surface area (Å²) in [6.07, 6.45) is 4.96. The second kappa shape index (κ2) is 22.0. The Bertz CT molecular complexity index is 1060. The van der Waals surface area contributed by atoms with Crippen LogP contribution in [0, 0.1) is 5.92 Å². The van der Waals surface area contributed by atoms with Gasteiger partial charge in [0, 0.05) is 12.7 Å². The molecule has 0 aliphatic heterocycles. The topological polar surface area (TPSA) is 84.8 Å². The molecule has 8 heteroatoms. The van der Waals surface area contributed by atoms with Gasteiger partial charge in [-0.15, -0.1) is 6.58 Å². The predicted molar refractivity (Wildman–Crippen MR) is 172 cm³/mol. The van der Waals surface area contributed by atoms with Crippen molar-refractivity contribution in [2.24, 2.45) is 5.92 Å². The highest BCUT2D eigenvalue weighted by Gasteiger charge is 2.16. The maximum Gasteiger partial charge on any atom is 0.125 e. The minimum absolute atomic E-state index is 0.0441. The van der Waals surface area contributed by atoms with Crippen molar-refractivity contribution in [1.82, 2.24) is 0 Å². The van der Waals surface area contributed by atoms with E-state index in [9.17, 15) is 5.11 Å². The van der Waals surface area contributed by atoms with Crippen LogP contribution in [0.1, 0.15) is 20.8 Å². The van der Waals surface area contributed by atoms with Crippen LogP contribution in [0.2, 0.25) is 0 Å². The first-order valence-corrected chi connectivity index (χ1v) is 14.4. The van der Waals surface area contributed by atoms with E-state index in [0.717, 1.165) is 11.1 Å². The first-order chi connectivity index (χ1) is 20.6. The zero-order valence-corrected chi connectivity index (χ0v) is 26.1. The zero-order chi connectivity index (χ0) is 32.0. The standard InChI is InChI=1S/C35H50O8/c1-10-17-37-20-30(36)21-40-35(22-39-28(8)11-2)25-43-33-16-14-15-32(19-33)42-24-34(38-13-4)23-41-31(12-3)18-27(7)29(9)26(5)6/h10-12,14-16,18-19,26,30,34-36H,1-3,7-9,13,17,20-25H2,4-6H3/b31-18+. The molecular formula is C35H50O8. The number of aliphatic hydroxyl groups is 1. The third-order valence-corrected chi connectivity index (χ3v) is 5.90. The Hall–Kier alpha value is -3.56. The van der Waals surface area contributed by atoms with E-state index in [1.807, 2.05) is 31.2 Å². The number of hydrogen-bond donors (Lipinski definition) is 1. The van der Waals surface area contributed by atoms with Gasteiger partial charge in [-0.05, 0) is 54.3 Å². The van der Waals surface area contributed by atoms with E-state index in [1.54, 1.807) is 18.2 Å². The summed E-state index contributed by atoms with van der Waals surface area (Å²) in [7, 11) is 0. The number of aliphatic hydroxyl groups excluding tert-OH is 1. The fourth-order valence-corrected chi connectivity index (χ4v) is 3.38. The molecule has 0 saturated heterocycles. The molecule has 1 aromatic carbocycles. The molecule has 43 heavy (non-hydrogen) atoms. The van der Waals surface area contributed by atoms with Crippen LogP contribution in [0.25, 0.3) is 0 Å². The number of rotatable bonds is 26. The van der Waals surface area contributed by atoms with Gasteiger partial charge in [0.15, 0.2) is 0 Å². The second-order valence-corrected chi connectivity index (χ2v) is 9.86. The molecular weight excluding hydrogens is 548 g/mol. The average molecular weight is 599 g/mol. The average Bonchev–Trinajstić information content (AvgIpc) is 3.00. The van der Waals surface area contributed by atoms with Crippen molar-refractivity contribution in [1.29, 1.82) is 0 Å². The van der Waals surface area contributed by atoms with Gasteiger partial charge in [0.2, 0.25) is 0 Å². The van der Waals surface area contributed by atoms with Gasteiger partial charge in [-0.1, -0.05) is 58.9 Å². The van der Waals surface area contributed by atoms with Crippen LogP contribution >= 0.6 is 0 Å². The van der Waals surface area contributed by atoms with Gasteiger partial charge in [-0.25, -0.2) is 0 Å². The maximum atomic E-state index is 10.1. The number of ether oxygens (including phenoxy) is 7. The number of hydrogen-bond acceptors (Lipinski definition) is 8. The summed E-state index contributed by atoms with van der Waals surface area (Å²) >= 11 is 0. The van der Waals surface area contributed by atoms with Crippen molar-refractivity contribution >= 4 is 0 Å². The molecule has 238 valence electrons. The van der Waals surface area contributed by atoms with E-state index in [2.05, 4.69) is 53.3 Å². The number of benzene rings is 1. The molecule has 0 fully saturated rings. The predicted octanol–water partition coefficient (Wildman–Crippen LogP) is 6.37. The molecule has 0 aromatic heterocycles. The molecule has 1 N–H and O–H groups in total. The molecule has 1 aromatic rings. The van der Waals surface area contributed by atoms with Crippen LogP contribution < -0.4 is 9.47 Å². The van der Waals surface area contributed by atoms with Crippen LogP contribution in [0.3, 0.4) is 0 Å². The van der Waals surface area contributed by atoms with Crippen LogP contribution in [0.4, 0.5) is 0 Å².